The molecule has 2 aliphatic heterocycles. The van der Waals surface area contributed by atoms with Crippen LogP contribution in [-0.4, -0.2) is 79.5 Å². The van der Waals surface area contributed by atoms with Crippen molar-refractivity contribution < 1.29 is 38.5 Å². The molecule has 11 nitrogen and oxygen atoms in total. The van der Waals surface area contributed by atoms with Crippen molar-refractivity contribution in [1.29, 1.82) is 0 Å². The Hall–Kier alpha value is -3.34. The standard InChI is InChI=1S/C36H49N3O8/c1-35(2,46-30-10-6-8-22-44-30)25-43-24-28-16-14-26(15-17-28)12-13-27-18-20-29(21-19-27)32(40)39(5)36(3,33(41)37-4)34(42)38-47-31-11-7-9-23-45-31/h14-21,30-32,40H,6-11,22-25H2,1-5H3,(H,37,41)(H,38,42). The van der Waals surface area contributed by atoms with Crippen LogP contribution in [0.15, 0.2) is 48.5 Å². The van der Waals surface area contributed by atoms with E-state index in [2.05, 4.69) is 22.6 Å². The van der Waals surface area contributed by atoms with Crippen LogP contribution in [0.3, 0.4) is 0 Å². The van der Waals surface area contributed by atoms with Crippen LogP contribution in [0.4, 0.5) is 0 Å². The fourth-order valence-corrected chi connectivity index (χ4v) is 5.33. The third-order valence-electron chi connectivity index (χ3n) is 8.43. The minimum absolute atomic E-state index is 0.159. The Morgan fingerprint density at radius 1 is 0.915 bits per heavy atom. The van der Waals surface area contributed by atoms with Crippen molar-refractivity contribution in [2.45, 2.75) is 95.9 Å². The van der Waals surface area contributed by atoms with Gasteiger partial charge in [-0.25, -0.2) is 10.3 Å². The van der Waals surface area contributed by atoms with Crippen molar-refractivity contribution in [3.63, 3.8) is 0 Å². The lowest BCUT2D eigenvalue weighted by molar-refractivity contribution is -0.228. The summed E-state index contributed by atoms with van der Waals surface area (Å²) in [4.78, 5) is 32.8. The molecule has 2 amide bonds. The quantitative estimate of drug-likeness (QED) is 0.128. The molecule has 2 aromatic carbocycles. The molecule has 2 aliphatic rings. The van der Waals surface area contributed by atoms with Crippen molar-refractivity contribution in [2.75, 3.05) is 33.9 Å². The number of aliphatic hydroxyl groups is 1. The summed E-state index contributed by atoms with van der Waals surface area (Å²) in [7, 11) is 2.93. The predicted molar refractivity (Wildman–Crippen MR) is 175 cm³/mol. The highest BCUT2D eigenvalue weighted by atomic mass is 16.8. The van der Waals surface area contributed by atoms with Gasteiger partial charge < -0.3 is 29.4 Å². The molecular formula is C36H49N3O8. The molecule has 2 saturated heterocycles. The predicted octanol–water partition coefficient (Wildman–Crippen LogP) is 3.93. The van der Waals surface area contributed by atoms with Crippen LogP contribution >= 0.6 is 0 Å². The van der Waals surface area contributed by atoms with E-state index in [4.69, 9.17) is 23.8 Å². The van der Waals surface area contributed by atoms with Crippen molar-refractivity contribution in [2.24, 2.45) is 0 Å². The second kappa shape index (κ2) is 17.2. The molecule has 0 aromatic heterocycles. The lowest BCUT2D eigenvalue weighted by Crippen LogP contribution is -2.64. The van der Waals surface area contributed by atoms with Crippen LogP contribution in [0.2, 0.25) is 0 Å². The first-order valence-electron chi connectivity index (χ1n) is 16.3. The summed E-state index contributed by atoms with van der Waals surface area (Å²) in [5, 5.41) is 13.7. The van der Waals surface area contributed by atoms with Crippen LogP contribution in [-0.2, 0) is 40.0 Å². The van der Waals surface area contributed by atoms with Crippen LogP contribution in [0, 0.1) is 11.8 Å². The Labute approximate surface area is 278 Å². The Bertz CT molecular complexity index is 1360. The van der Waals surface area contributed by atoms with E-state index in [0.717, 1.165) is 55.4 Å². The molecule has 4 rings (SSSR count). The van der Waals surface area contributed by atoms with Gasteiger partial charge in [0.2, 0.25) is 5.91 Å². The number of carbonyl (C=O) groups excluding carboxylic acids is 2. The number of nitrogens with one attached hydrogen (secondary N) is 2. The highest BCUT2D eigenvalue weighted by Gasteiger charge is 2.47. The van der Waals surface area contributed by atoms with Gasteiger partial charge >= 0.3 is 0 Å². The van der Waals surface area contributed by atoms with E-state index in [9.17, 15) is 14.7 Å². The second-order valence-electron chi connectivity index (χ2n) is 12.7. The van der Waals surface area contributed by atoms with Gasteiger partial charge in [-0.3, -0.25) is 14.5 Å². The van der Waals surface area contributed by atoms with E-state index >= 15 is 0 Å². The maximum Gasteiger partial charge on any atom is 0.273 e. The number of aliphatic hydroxyl groups excluding tert-OH is 1. The number of nitrogens with zero attached hydrogens (tertiary/aromatic N) is 1. The average molecular weight is 652 g/mol. The number of ether oxygens (including phenoxy) is 4. The van der Waals surface area contributed by atoms with Crippen LogP contribution in [0.1, 0.15) is 87.8 Å². The van der Waals surface area contributed by atoms with E-state index in [1.54, 1.807) is 24.3 Å². The first kappa shape index (κ1) is 36.5. The van der Waals surface area contributed by atoms with Gasteiger partial charge in [0.05, 0.1) is 18.8 Å². The van der Waals surface area contributed by atoms with Crippen molar-refractivity contribution in [3.8, 4) is 11.8 Å². The Kier molecular flexibility index (Phi) is 13.3. The summed E-state index contributed by atoms with van der Waals surface area (Å²) in [5.74, 6) is 4.97. The van der Waals surface area contributed by atoms with Gasteiger partial charge in [0.15, 0.2) is 18.1 Å². The zero-order chi connectivity index (χ0) is 33.9. The molecule has 11 heteroatoms. The molecule has 0 aliphatic carbocycles. The highest BCUT2D eigenvalue weighted by molar-refractivity contribution is 6.08. The minimum Gasteiger partial charge on any atom is -0.374 e. The molecule has 0 bridgehead atoms. The van der Waals surface area contributed by atoms with Gasteiger partial charge in [0.25, 0.3) is 5.91 Å². The molecular weight excluding hydrogens is 602 g/mol. The maximum absolute atomic E-state index is 13.2. The lowest BCUT2D eigenvalue weighted by atomic mass is 9.96. The molecule has 2 aromatic rings. The topological polar surface area (TPSA) is 128 Å². The monoisotopic (exact) mass is 651 g/mol. The number of hydrogen-bond acceptors (Lipinski definition) is 9. The van der Waals surface area contributed by atoms with Gasteiger partial charge in [-0.1, -0.05) is 36.1 Å². The SMILES string of the molecule is CNC(=O)C(C)(C(=O)NOC1CCCCO1)N(C)C(O)c1ccc(C#Cc2ccc(COCC(C)(C)OC3CCCCO3)cc2)cc1. The van der Waals surface area contributed by atoms with E-state index in [-0.39, 0.29) is 6.29 Å². The summed E-state index contributed by atoms with van der Waals surface area (Å²) in [6.45, 7) is 7.67. The van der Waals surface area contributed by atoms with Crippen molar-refractivity contribution in [1.82, 2.24) is 15.7 Å². The zero-order valence-electron chi connectivity index (χ0n) is 28.2. The van der Waals surface area contributed by atoms with Crippen LogP contribution in [0.5, 0.6) is 0 Å². The summed E-state index contributed by atoms with van der Waals surface area (Å²) in [6.07, 6.45) is 3.59. The normalized spacial score (nSPS) is 20.4. The third-order valence-corrected chi connectivity index (χ3v) is 8.43. The number of carbonyl (C=O) groups is 2. The summed E-state index contributed by atoms with van der Waals surface area (Å²) >= 11 is 0. The van der Waals surface area contributed by atoms with E-state index in [1.807, 2.05) is 38.1 Å². The minimum atomic E-state index is -1.79. The number of likely N-dealkylation sites (N-methyl/N-ethyl adjacent to an activating group) is 2. The van der Waals surface area contributed by atoms with Crippen molar-refractivity contribution in [3.05, 3.63) is 70.8 Å². The van der Waals surface area contributed by atoms with E-state index in [0.29, 0.717) is 31.8 Å². The molecule has 2 fully saturated rings. The van der Waals surface area contributed by atoms with E-state index < -0.39 is 35.5 Å². The molecule has 4 unspecified atom stereocenters. The summed E-state index contributed by atoms with van der Waals surface area (Å²) < 4.78 is 23.2. The van der Waals surface area contributed by atoms with Gasteiger partial charge in [-0.15, -0.1) is 0 Å². The maximum atomic E-state index is 13.2. The fraction of sp³-hybridized carbons (Fsp3) is 0.556. The second-order valence-corrected chi connectivity index (χ2v) is 12.7. The number of benzene rings is 2. The largest absolute Gasteiger partial charge is 0.374 e. The molecule has 256 valence electrons. The van der Waals surface area contributed by atoms with E-state index in [1.165, 1.54) is 25.9 Å². The molecule has 2 heterocycles. The summed E-state index contributed by atoms with van der Waals surface area (Å²) in [5.41, 5.74) is 3.25. The van der Waals surface area contributed by atoms with Gasteiger partial charge in [-0.05, 0) is 95.3 Å². The molecule has 47 heavy (non-hydrogen) atoms. The molecule has 0 radical (unpaired) electrons. The molecule has 4 atom stereocenters. The fourth-order valence-electron chi connectivity index (χ4n) is 5.33. The smallest absolute Gasteiger partial charge is 0.273 e. The number of hydrogen-bond donors (Lipinski definition) is 3. The van der Waals surface area contributed by atoms with Gasteiger partial charge in [0.1, 0.15) is 6.23 Å². The van der Waals surface area contributed by atoms with Crippen molar-refractivity contribution >= 4 is 11.8 Å². The van der Waals surface area contributed by atoms with Crippen LogP contribution in [0.25, 0.3) is 0 Å². The molecule has 3 N–H and O–H groups in total. The lowest BCUT2D eigenvalue weighted by Gasteiger charge is -2.38. The molecule has 0 saturated carbocycles. The third kappa shape index (κ3) is 10.3. The van der Waals surface area contributed by atoms with Gasteiger partial charge in [-0.2, -0.15) is 0 Å². The molecule has 0 spiro atoms. The first-order valence-corrected chi connectivity index (χ1v) is 16.3. The Balaban J connectivity index is 1.30. The Morgan fingerprint density at radius 3 is 2.04 bits per heavy atom. The number of hydroxylamine groups is 1. The number of amides is 2. The van der Waals surface area contributed by atoms with Crippen LogP contribution < -0.4 is 10.8 Å². The number of rotatable bonds is 13. The van der Waals surface area contributed by atoms with Gasteiger partial charge in [0, 0.05) is 37.8 Å². The average Bonchev–Trinajstić information content (AvgIpc) is 3.09. The first-order chi connectivity index (χ1) is 22.5. The highest BCUT2D eigenvalue weighted by Crippen LogP contribution is 2.27. The zero-order valence-corrected chi connectivity index (χ0v) is 28.2. The summed E-state index contributed by atoms with van der Waals surface area (Å²) in [6, 6.07) is 14.9. The Morgan fingerprint density at radius 2 is 1.49 bits per heavy atom.